The fourth-order valence-electron chi connectivity index (χ4n) is 20.4. The Labute approximate surface area is 853 Å². The second kappa shape index (κ2) is 52.2. The number of aromatic nitrogens is 2. The summed E-state index contributed by atoms with van der Waals surface area (Å²) in [5, 5.41) is 47.6. The first-order valence-electron chi connectivity index (χ1n) is 51.1. The SMILES string of the molecule is CN[C@@H](C)C(=O)NC(C(=O)N1CCCC1CN(CCc1ccccc1)C(=O)C(F)(F)F)C(C)OCC#CC#CCOC(C)C(NC(=O)[C@H](Cc1ccc2c(c1)c(C[C@@H]1CCCN1C(=O)C(NC(=O)[C@H](C)NC)C(C)(C)C)c(-c1ccc(-c3c(CC[C@@H]4CCCN4C(=O)C(NC(=O)[C@H](C)NC)C(C)(C)C)c4ccccc4n3CCO)cc1)n2CCO)NC)C(=O)N1CCC[C@H]1CN(CCCc1ccccc1)C(=O)C(F)(F)F. The third-order valence-electron chi connectivity index (χ3n) is 28.9. The molecule has 2 aromatic heterocycles. The Hall–Kier alpha value is -11.7. The molecular weight excluding hydrogens is 1880 g/mol. The number of aliphatic hydroxyl groups excluding tert-OH is 2. The summed E-state index contributed by atoms with van der Waals surface area (Å²) in [6, 6.07) is 29.8. The van der Waals surface area contributed by atoms with Crippen molar-refractivity contribution in [2.45, 2.75) is 283 Å². The number of nitrogens with zero attached hydrogens (tertiary/aromatic N) is 8. The average Bonchev–Trinajstić information content (AvgIpc) is 1.59. The number of benzene rings is 5. The van der Waals surface area contributed by atoms with E-state index in [1.165, 1.54) is 23.6 Å². The summed E-state index contributed by atoms with van der Waals surface area (Å²) < 4.78 is 103. The first kappa shape index (κ1) is 115. The van der Waals surface area contributed by atoms with Crippen molar-refractivity contribution in [3.8, 4) is 46.2 Å². The summed E-state index contributed by atoms with van der Waals surface area (Å²) in [6.45, 7) is 18.5. The number of carbonyl (C=O) groups is 10. The summed E-state index contributed by atoms with van der Waals surface area (Å²) in [4.78, 5) is 151. The summed E-state index contributed by atoms with van der Waals surface area (Å²) in [6.07, 6.45) is -6.63. The number of hydrogen-bond acceptors (Lipinski definition) is 18. The molecule has 7 aromatic rings. The number of likely N-dealkylation sites (N-methyl/N-ethyl adjacent to an activating group) is 4. The Morgan fingerprint density at radius 2 is 0.842 bits per heavy atom. The minimum atomic E-state index is -5.25. The zero-order chi connectivity index (χ0) is 106. The van der Waals surface area contributed by atoms with Crippen LogP contribution in [0.3, 0.4) is 0 Å². The van der Waals surface area contributed by atoms with Crippen LogP contribution in [0.2, 0.25) is 0 Å². The lowest BCUT2D eigenvalue weighted by molar-refractivity contribution is -0.186. The van der Waals surface area contributed by atoms with Crippen LogP contribution in [0.15, 0.2) is 127 Å². The van der Waals surface area contributed by atoms with E-state index < -0.39 is 157 Å². The molecular formula is C110H148F6N16O14. The van der Waals surface area contributed by atoms with Gasteiger partial charge in [-0.1, -0.05) is 163 Å². The standard InChI is InChI=1S/C110H148F6N16O14/c1-70(117-12)97(135)121-91(101(139)130-57-32-41-83(130)69-126(106(144)110(114,115)116)58-52-76-35-22-19-23-36-76)73(4)145-63-26-16-17-27-64-146-74(5)92(102(140)129-56-31-40-82(129)68-125(105(143)109(111,112)113)53-28-37-75-33-20-18-21-34-75)122-100(138)88(120-15)66-77-44-51-90-86(65-77)87(67-81-39-30-55-128(81)104(142)96(108(9,10)11)124-99(137)72(3)119-14)94(132(90)60-62-134)79-47-45-78(46-48-79)93-85(84-42-24-25-43-89(84)131(93)59-61-133)50-49-80-38-29-54-127(80)103(141)95(107(6,7)8)123-98(136)71(2)118-13/h18-25,33-36,42-48,51,65,70-74,80-83,88,91-92,95-96,117-120,133-134H,28-32,37-41,49-50,52-64,66-69H2,1-15H3,(H,121,135)(H,122,138)(H,123,136)(H,124,137)/t70-,71-,72-,73?,74?,80-,81-,82-,83?,88-,91?,92?,95?,96?/m0/s1. The third-order valence-corrected chi connectivity index (χ3v) is 28.9. The van der Waals surface area contributed by atoms with Gasteiger partial charge in [0.15, 0.2) is 0 Å². The van der Waals surface area contributed by atoms with E-state index in [0.29, 0.717) is 74.1 Å². The molecule has 7 unspecified atom stereocenters. The number of hydrogen-bond donors (Lipinski definition) is 10. The highest BCUT2D eigenvalue weighted by atomic mass is 19.4. The van der Waals surface area contributed by atoms with Gasteiger partial charge in [0.2, 0.25) is 47.3 Å². The van der Waals surface area contributed by atoms with Crippen LogP contribution in [0.1, 0.15) is 168 Å². The Morgan fingerprint density at radius 1 is 0.438 bits per heavy atom. The molecule has 146 heavy (non-hydrogen) atoms. The minimum Gasteiger partial charge on any atom is -0.395 e. The Bertz CT molecular complexity index is 5770. The number of para-hydroxylation sites is 1. The Morgan fingerprint density at radius 3 is 1.29 bits per heavy atom. The predicted molar refractivity (Wildman–Crippen MR) is 549 cm³/mol. The van der Waals surface area contributed by atoms with Gasteiger partial charge in [-0.2, -0.15) is 26.3 Å². The minimum absolute atomic E-state index is 0.0108. The van der Waals surface area contributed by atoms with Crippen molar-refractivity contribution in [2.75, 3.05) is 107 Å². The number of ether oxygens (including phenoxy) is 2. The lowest BCUT2D eigenvalue weighted by atomic mass is 9.85. The van der Waals surface area contributed by atoms with E-state index in [1.54, 1.807) is 91.4 Å². The van der Waals surface area contributed by atoms with Gasteiger partial charge in [-0.05, 0) is 239 Å². The smallest absolute Gasteiger partial charge is 0.395 e. The van der Waals surface area contributed by atoms with Crippen molar-refractivity contribution < 1.29 is 94.0 Å². The number of aryl methyl sites for hydroxylation is 2. The van der Waals surface area contributed by atoms with Crippen LogP contribution in [0.5, 0.6) is 0 Å². The number of fused-ring (bicyclic) bond motifs is 2. The summed E-state index contributed by atoms with van der Waals surface area (Å²) in [7, 11) is 6.49. The molecule has 6 heterocycles. The van der Waals surface area contributed by atoms with E-state index >= 15 is 14.4 Å². The molecule has 36 heteroatoms. The zero-order valence-corrected chi connectivity index (χ0v) is 86.9. The van der Waals surface area contributed by atoms with Crippen LogP contribution in [-0.2, 0) is 103 Å². The molecule has 4 aliphatic heterocycles. The van der Waals surface area contributed by atoms with Crippen LogP contribution in [0.4, 0.5) is 26.3 Å². The molecule has 4 saturated heterocycles. The maximum atomic E-state index is 15.6. The number of halogens is 6. The van der Waals surface area contributed by atoms with Crippen molar-refractivity contribution >= 4 is 80.9 Å². The average molecular weight is 2030 g/mol. The van der Waals surface area contributed by atoms with E-state index in [1.807, 2.05) is 130 Å². The van der Waals surface area contributed by atoms with Gasteiger partial charge in [-0.3, -0.25) is 47.9 Å². The topological polar surface area (TPSA) is 355 Å². The fraction of sp³-hybridized carbons (Fsp3) is 0.564. The highest BCUT2D eigenvalue weighted by Crippen LogP contribution is 2.43. The van der Waals surface area contributed by atoms with Gasteiger partial charge >= 0.3 is 24.2 Å². The summed E-state index contributed by atoms with van der Waals surface area (Å²) >= 11 is 0. The molecule has 0 bridgehead atoms. The summed E-state index contributed by atoms with van der Waals surface area (Å²) in [5.74, 6) is 3.20. The number of rotatable bonds is 46. The van der Waals surface area contributed by atoms with E-state index in [4.69, 9.17) is 9.47 Å². The molecule has 0 spiro atoms. The largest absolute Gasteiger partial charge is 0.471 e. The molecule has 0 aliphatic carbocycles. The molecule has 4 aliphatic rings. The Kier molecular flexibility index (Phi) is 41.0. The quantitative estimate of drug-likeness (QED) is 0.0125. The maximum Gasteiger partial charge on any atom is 0.471 e. The second-order valence-corrected chi connectivity index (χ2v) is 41.0. The molecule has 30 nitrogen and oxygen atoms in total. The van der Waals surface area contributed by atoms with E-state index in [2.05, 4.69) is 81.4 Å². The van der Waals surface area contributed by atoms with Crippen LogP contribution < -0.4 is 42.5 Å². The normalized spacial score (nSPS) is 18.2. The van der Waals surface area contributed by atoms with Gasteiger partial charge < -0.3 is 101 Å². The monoisotopic (exact) mass is 2030 g/mol. The molecule has 4 fully saturated rings. The molecule has 5 aromatic carbocycles. The van der Waals surface area contributed by atoms with Crippen molar-refractivity contribution in [1.29, 1.82) is 0 Å². The number of alkyl halides is 6. The highest BCUT2D eigenvalue weighted by Gasteiger charge is 2.49. The van der Waals surface area contributed by atoms with Crippen LogP contribution in [-0.4, -0.2) is 312 Å². The second-order valence-electron chi connectivity index (χ2n) is 41.0. The molecule has 10 N–H and O–H groups in total. The Balaban J connectivity index is 0.901. The van der Waals surface area contributed by atoms with Crippen molar-refractivity contribution in [2.24, 2.45) is 10.8 Å². The van der Waals surface area contributed by atoms with Gasteiger partial charge in [-0.25, -0.2) is 0 Å². The number of carbonyl (C=O) groups excluding carboxylic acids is 10. The fourth-order valence-corrected chi connectivity index (χ4v) is 20.4. The van der Waals surface area contributed by atoms with E-state index in [9.17, 15) is 70.1 Å². The van der Waals surface area contributed by atoms with Gasteiger partial charge in [0.1, 0.15) is 37.4 Å². The van der Waals surface area contributed by atoms with Crippen LogP contribution in [0.25, 0.3) is 44.3 Å². The molecule has 14 atom stereocenters. The molecule has 0 radical (unpaired) electrons. The summed E-state index contributed by atoms with van der Waals surface area (Å²) in [5.41, 5.74) is 7.56. The molecule has 794 valence electrons. The van der Waals surface area contributed by atoms with Gasteiger partial charge in [0, 0.05) is 111 Å². The molecule has 10 amide bonds. The number of aliphatic hydroxyl groups is 2. The number of amides is 10. The zero-order valence-electron chi connectivity index (χ0n) is 86.9. The van der Waals surface area contributed by atoms with Crippen molar-refractivity contribution in [1.82, 2.24) is 81.1 Å². The predicted octanol–water partition coefficient (Wildman–Crippen LogP) is 9.81. The number of likely N-dealkylation sites (tertiary alicyclic amines) is 4. The van der Waals surface area contributed by atoms with Crippen molar-refractivity contribution in [3.63, 3.8) is 0 Å². The van der Waals surface area contributed by atoms with Crippen molar-refractivity contribution in [3.05, 3.63) is 155 Å². The lowest BCUT2D eigenvalue weighted by Gasteiger charge is -2.36. The van der Waals surface area contributed by atoms with E-state index in [0.717, 1.165) is 78.8 Å². The highest BCUT2D eigenvalue weighted by molar-refractivity contribution is 5.98. The van der Waals surface area contributed by atoms with E-state index in [-0.39, 0.29) is 127 Å². The molecule has 0 saturated carbocycles. The first-order valence-corrected chi connectivity index (χ1v) is 51.1. The number of nitrogens with one attached hydrogen (secondary N) is 8. The van der Waals surface area contributed by atoms with Crippen LogP contribution in [0, 0.1) is 34.5 Å². The van der Waals surface area contributed by atoms with Gasteiger partial charge in [-0.15, -0.1) is 0 Å². The maximum absolute atomic E-state index is 15.6. The van der Waals surface area contributed by atoms with Gasteiger partial charge in [0.05, 0.1) is 61.0 Å². The van der Waals surface area contributed by atoms with Crippen LogP contribution >= 0.6 is 0 Å². The third kappa shape index (κ3) is 29.2. The lowest BCUT2D eigenvalue weighted by Crippen LogP contribution is -2.59. The molecule has 11 rings (SSSR count). The van der Waals surface area contributed by atoms with Gasteiger partial charge in [0.25, 0.3) is 0 Å². The first-order chi connectivity index (χ1) is 69.5.